The van der Waals surface area contributed by atoms with E-state index >= 15 is 0 Å². The minimum Gasteiger partial charge on any atom is -0.315 e. The molecule has 0 atom stereocenters. The first-order chi connectivity index (χ1) is 11.2. The highest BCUT2D eigenvalue weighted by molar-refractivity contribution is 7.22. The van der Waals surface area contributed by atoms with Crippen LogP contribution in [-0.4, -0.2) is 15.0 Å². The van der Waals surface area contributed by atoms with Crippen LogP contribution in [0, 0.1) is 6.92 Å². The molecule has 0 aliphatic rings. The second-order valence-electron chi connectivity index (χ2n) is 5.45. The Labute approximate surface area is 138 Å². The van der Waals surface area contributed by atoms with E-state index in [-0.39, 0.29) is 0 Å². The maximum absolute atomic E-state index is 4.67. The fraction of sp³-hybridized carbons (Fsp3) is 0.167. The van der Waals surface area contributed by atoms with E-state index in [9.17, 15) is 0 Å². The summed E-state index contributed by atoms with van der Waals surface area (Å²) < 4.78 is 1.19. The van der Waals surface area contributed by atoms with E-state index in [0.29, 0.717) is 0 Å². The van der Waals surface area contributed by atoms with Gasteiger partial charge in [0.25, 0.3) is 0 Å². The number of nitrogens with one attached hydrogen (secondary N) is 1. The number of aromatic nitrogens is 3. The molecule has 0 aliphatic carbocycles. The third kappa shape index (κ3) is 2.64. The Morgan fingerprint density at radius 1 is 0.957 bits per heavy atom. The van der Waals surface area contributed by atoms with Crippen molar-refractivity contribution < 1.29 is 0 Å². The van der Waals surface area contributed by atoms with Crippen molar-refractivity contribution in [2.75, 3.05) is 5.32 Å². The van der Waals surface area contributed by atoms with Crippen LogP contribution in [0.25, 0.3) is 21.3 Å². The van der Waals surface area contributed by atoms with Gasteiger partial charge < -0.3 is 5.32 Å². The van der Waals surface area contributed by atoms with Gasteiger partial charge in [0.15, 0.2) is 10.9 Å². The van der Waals surface area contributed by atoms with Gasteiger partial charge in [0.2, 0.25) is 0 Å². The number of nitrogens with zero attached hydrogens (tertiary/aromatic N) is 3. The number of aryl methyl sites for hydroxylation is 2. The Bertz CT molecular complexity index is 1010. The monoisotopic (exact) mass is 320 g/mol. The van der Waals surface area contributed by atoms with E-state index in [4.69, 9.17) is 0 Å². The number of hydrogen-bond donors (Lipinski definition) is 1. The van der Waals surface area contributed by atoms with Gasteiger partial charge in [-0.05, 0) is 43.2 Å². The van der Waals surface area contributed by atoms with Crippen LogP contribution in [0.3, 0.4) is 0 Å². The van der Waals surface area contributed by atoms with Gasteiger partial charge >= 0.3 is 0 Å². The normalized spacial score (nSPS) is 11.2. The molecule has 4 aromatic rings. The molecule has 0 unspecified atom stereocenters. The second-order valence-corrected chi connectivity index (χ2v) is 6.48. The lowest BCUT2D eigenvalue weighted by molar-refractivity contribution is 1.15. The van der Waals surface area contributed by atoms with Gasteiger partial charge in [0.1, 0.15) is 0 Å². The zero-order valence-electron chi connectivity index (χ0n) is 13.0. The van der Waals surface area contributed by atoms with Crippen LogP contribution in [0.4, 0.5) is 10.9 Å². The van der Waals surface area contributed by atoms with Crippen molar-refractivity contribution in [1.29, 1.82) is 0 Å². The van der Waals surface area contributed by atoms with Crippen LogP contribution < -0.4 is 5.32 Å². The molecule has 0 saturated heterocycles. The number of rotatable bonds is 3. The first kappa shape index (κ1) is 14.1. The Morgan fingerprint density at radius 3 is 2.52 bits per heavy atom. The molecule has 2 aromatic heterocycles. The van der Waals surface area contributed by atoms with Crippen LogP contribution >= 0.6 is 11.3 Å². The van der Waals surface area contributed by atoms with Crippen molar-refractivity contribution in [2.45, 2.75) is 20.3 Å². The number of hydrogen-bond acceptors (Lipinski definition) is 5. The molecule has 0 aliphatic heterocycles. The fourth-order valence-electron chi connectivity index (χ4n) is 2.55. The number of para-hydroxylation sites is 2. The summed E-state index contributed by atoms with van der Waals surface area (Å²) >= 11 is 1.65. The Hall–Kier alpha value is -2.53. The lowest BCUT2D eigenvalue weighted by atomic mass is 10.2. The summed E-state index contributed by atoms with van der Waals surface area (Å²) in [5.41, 5.74) is 5.01. The molecule has 0 saturated carbocycles. The summed E-state index contributed by atoms with van der Waals surface area (Å²) in [5, 5.41) is 4.17. The summed E-state index contributed by atoms with van der Waals surface area (Å²) in [5.74, 6) is 0.762. The zero-order chi connectivity index (χ0) is 15.8. The van der Waals surface area contributed by atoms with Crippen molar-refractivity contribution >= 4 is 43.5 Å². The van der Waals surface area contributed by atoms with Gasteiger partial charge in [0.05, 0.1) is 26.9 Å². The third-order valence-corrected chi connectivity index (χ3v) is 4.76. The smallest absolute Gasteiger partial charge is 0.189 e. The molecular weight excluding hydrogens is 304 g/mol. The Morgan fingerprint density at radius 2 is 1.74 bits per heavy atom. The molecule has 0 fully saturated rings. The quantitative estimate of drug-likeness (QED) is 0.586. The number of benzene rings is 2. The van der Waals surface area contributed by atoms with Crippen molar-refractivity contribution in [3.05, 3.63) is 53.7 Å². The van der Waals surface area contributed by atoms with Crippen molar-refractivity contribution in [3.63, 3.8) is 0 Å². The lowest BCUT2D eigenvalue weighted by Gasteiger charge is -2.06. The highest BCUT2D eigenvalue weighted by Gasteiger charge is 2.09. The number of fused-ring (bicyclic) bond motifs is 2. The minimum atomic E-state index is 0.762. The van der Waals surface area contributed by atoms with E-state index < -0.39 is 0 Å². The van der Waals surface area contributed by atoms with E-state index in [1.807, 2.05) is 31.2 Å². The highest BCUT2D eigenvalue weighted by atomic mass is 32.1. The van der Waals surface area contributed by atoms with Crippen LogP contribution in [0.5, 0.6) is 0 Å². The first-order valence-corrected chi connectivity index (χ1v) is 8.44. The molecule has 114 valence electrons. The molecule has 5 heteroatoms. The van der Waals surface area contributed by atoms with Crippen molar-refractivity contribution in [1.82, 2.24) is 15.0 Å². The van der Waals surface area contributed by atoms with Crippen LogP contribution in [0.2, 0.25) is 0 Å². The molecule has 0 bridgehead atoms. The predicted molar refractivity (Wildman–Crippen MR) is 96.6 cm³/mol. The van der Waals surface area contributed by atoms with Crippen LogP contribution in [0.1, 0.15) is 18.2 Å². The average Bonchev–Trinajstić information content (AvgIpc) is 2.96. The molecule has 0 amide bonds. The molecular formula is C18H16N4S. The minimum absolute atomic E-state index is 0.762. The largest absolute Gasteiger partial charge is 0.315 e. The third-order valence-electron chi connectivity index (χ3n) is 3.83. The average molecular weight is 320 g/mol. The fourth-order valence-corrected chi connectivity index (χ4v) is 3.48. The molecule has 4 nitrogen and oxygen atoms in total. The summed E-state index contributed by atoms with van der Waals surface area (Å²) in [6.45, 7) is 4.12. The summed E-state index contributed by atoms with van der Waals surface area (Å²) in [4.78, 5) is 13.9. The van der Waals surface area contributed by atoms with Gasteiger partial charge in [-0.1, -0.05) is 36.5 Å². The maximum Gasteiger partial charge on any atom is 0.189 e. The van der Waals surface area contributed by atoms with E-state index in [0.717, 1.165) is 39.6 Å². The zero-order valence-corrected chi connectivity index (χ0v) is 13.8. The van der Waals surface area contributed by atoms with Gasteiger partial charge in [-0.3, -0.25) is 0 Å². The molecule has 0 radical (unpaired) electrons. The first-order valence-electron chi connectivity index (χ1n) is 7.63. The summed E-state index contributed by atoms with van der Waals surface area (Å²) in [7, 11) is 0. The predicted octanol–water partition coefficient (Wildman–Crippen LogP) is 4.85. The standard InChI is InChI=1S/C18H16N4S/c1-3-12-8-9-15-16(10-12)23-18(21-15)22-17-11(2)19-13-6-4-5-7-14(13)20-17/h4-10H,3H2,1-2H3,(H,20,21,22). The second kappa shape index (κ2) is 5.59. The maximum atomic E-state index is 4.67. The molecule has 23 heavy (non-hydrogen) atoms. The van der Waals surface area contributed by atoms with Crippen molar-refractivity contribution in [3.8, 4) is 0 Å². The topological polar surface area (TPSA) is 50.7 Å². The van der Waals surface area contributed by atoms with Gasteiger partial charge in [0, 0.05) is 0 Å². The van der Waals surface area contributed by atoms with E-state index in [1.54, 1.807) is 11.3 Å². The molecule has 0 spiro atoms. The van der Waals surface area contributed by atoms with Gasteiger partial charge in [-0.15, -0.1) is 0 Å². The van der Waals surface area contributed by atoms with E-state index in [2.05, 4.69) is 45.4 Å². The Kier molecular flexibility index (Phi) is 3.42. The highest BCUT2D eigenvalue weighted by Crippen LogP contribution is 2.29. The number of anilines is 2. The van der Waals surface area contributed by atoms with Crippen molar-refractivity contribution in [2.24, 2.45) is 0 Å². The van der Waals surface area contributed by atoms with Gasteiger partial charge in [-0.2, -0.15) is 0 Å². The molecule has 2 aromatic carbocycles. The summed E-state index contributed by atoms with van der Waals surface area (Å²) in [6.07, 6.45) is 1.03. The van der Waals surface area contributed by atoms with Crippen LogP contribution in [0.15, 0.2) is 42.5 Å². The molecule has 4 rings (SSSR count). The molecule has 2 heterocycles. The van der Waals surface area contributed by atoms with Crippen LogP contribution in [-0.2, 0) is 6.42 Å². The SMILES string of the molecule is CCc1ccc2nc(Nc3nc4ccccc4nc3C)sc2c1. The summed E-state index contributed by atoms with van der Waals surface area (Å²) in [6, 6.07) is 14.3. The Balaban J connectivity index is 1.73. The lowest BCUT2D eigenvalue weighted by Crippen LogP contribution is -1.99. The van der Waals surface area contributed by atoms with E-state index in [1.165, 1.54) is 10.3 Å². The number of thiazole rings is 1. The van der Waals surface area contributed by atoms with Gasteiger partial charge in [-0.25, -0.2) is 15.0 Å². The molecule has 1 N–H and O–H groups in total.